The summed E-state index contributed by atoms with van der Waals surface area (Å²) < 4.78 is 0. The van der Waals surface area contributed by atoms with Crippen LogP contribution >= 0.6 is 0 Å². The van der Waals surface area contributed by atoms with Crippen molar-refractivity contribution in [2.24, 2.45) is 0 Å². The Labute approximate surface area is 124 Å². The second-order valence-corrected chi connectivity index (χ2v) is 6.09. The van der Waals surface area contributed by atoms with Crippen molar-refractivity contribution in [1.82, 2.24) is 4.98 Å². The Morgan fingerprint density at radius 3 is 2.62 bits per heavy atom. The van der Waals surface area contributed by atoms with Crippen molar-refractivity contribution < 1.29 is 5.11 Å². The first kappa shape index (κ1) is 14.1. The number of aromatic nitrogens is 1. The fourth-order valence-electron chi connectivity index (χ4n) is 3.13. The van der Waals surface area contributed by atoms with E-state index in [1.54, 1.807) is 0 Å². The van der Waals surface area contributed by atoms with Crippen LogP contribution < -0.4 is 10.9 Å². The van der Waals surface area contributed by atoms with E-state index in [9.17, 15) is 9.90 Å². The fourth-order valence-corrected chi connectivity index (χ4v) is 3.13. The molecule has 0 bridgehead atoms. The van der Waals surface area contributed by atoms with Crippen molar-refractivity contribution in [2.45, 2.75) is 44.1 Å². The summed E-state index contributed by atoms with van der Waals surface area (Å²) in [6.45, 7) is 0.487. The van der Waals surface area contributed by atoms with E-state index in [1.165, 1.54) is 12.8 Å². The van der Waals surface area contributed by atoms with Crippen LogP contribution in [-0.4, -0.2) is 22.2 Å². The molecule has 1 aliphatic rings. The summed E-state index contributed by atoms with van der Waals surface area (Å²) in [6, 6.07) is 9.45. The van der Waals surface area contributed by atoms with Gasteiger partial charge in [-0.15, -0.1) is 0 Å². The molecule has 1 heterocycles. The van der Waals surface area contributed by atoms with Gasteiger partial charge in [-0.3, -0.25) is 4.79 Å². The van der Waals surface area contributed by atoms with Crippen LogP contribution in [0.2, 0.25) is 0 Å². The molecule has 4 heteroatoms. The first-order chi connectivity index (χ1) is 10.2. The number of H-pyrrole nitrogens is 1. The number of benzene rings is 1. The zero-order valence-corrected chi connectivity index (χ0v) is 12.2. The lowest BCUT2D eigenvalue weighted by atomic mass is 9.94. The Morgan fingerprint density at radius 1 is 1.14 bits per heavy atom. The smallest absolute Gasteiger partial charge is 0.257 e. The predicted molar refractivity (Wildman–Crippen MR) is 85.7 cm³/mol. The molecule has 2 aromatic rings. The van der Waals surface area contributed by atoms with Crippen LogP contribution in [0.15, 0.2) is 35.1 Å². The second kappa shape index (κ2) is 5.90. The minimum atomic E-state index is -0.654. The summed E-state index contributed by atoms with van der Waals surface area (Å²) in [5.74, 6) is 0.677. The number of aliphatic hydroxyl groups is 1. The van der Waals surface area contributed by atoms with E-state index in [2.05, 4.69) is 10.3 Å². The van der Waals surface area contributed by atoms with Gasteiger partial charge in [0.25, 0.3) is 5.56 Å². The molecule has 0 radical (unpaired) electrons. The first-order valence-corrected chi connectivity index (χ1v) is 7.75. The molecule has 0 unspecified atom stereocenters. The summed E-state index contributed by atoms with van der Waals surface area (Å²) in [5.41, 5.74) is -0.748. The van der Waals surface area contributed by atoms with E-state index in [1.807, 2.05) is 30.3 Å². The average Bonchev–Trinajstić information content (AvgIpc) is 2.71. The molecule has 1 aliphatic carbocycles. The molecule has 0 spiro atoms. The summed E-state index contributed by atoms with van der Waals surface area (Å²) in [4.78, 5) is 14.9. The van der Waals surface area contributed by atoms with E-state index in [-0.39, 0.29) is 5.56 Å². The highest BCUT2D eigenvalue weighted by molar-refractivity contribution is 5.83. The van der Waals surface area contributed by atoms with E-state index >= 15 is 0 Å². The molecule has 1 aromatic heterocycles. The van der Waals surface area contributed by atoms with Crippen LogP contribution in [-0.2, 0) is 0 Å². The second-order valence-electron chi connectivity index (χ2n) is 6.09. The monoisotopic (exact) mass is 286 g/mol. The maximum atomic E-state index is 12.0. The van der Waals surface area contributed by atoms with Gasteiger partial charge in [-0.25, -0.2) is 0 Å². The van der Waals surface area contributed by atoms with Gasteiger partial charge in [0.2, 0.25) is 0 Å². The Kier molecular flexibility index (Phi) is 3.97. The maximum Gasteiger partial charge on any atom is 0.257 e. The summed E-state index contributed by atoms with van der Waals surface area (Å²) in [6.07, 6.45) is 6.22. The molecule has 0 saturated heterocycles. The van der Waals surface area contributed by atoms with Crippen molar-refractivity contribution in [1.29, 1.82) is 0 Å². The SMILES string of the molecule is O=c1[nH]c(NCC2(O)CCCCCC2)cc2ccccc12. The van der Waals surface area contributed by atoms with E-state index in [0.29, 0.717) is 17.7 Å². The van der Waals surface area contributed by atoms with Crippen LogP contribution in [0.5, 0.6) is 0 Å². The minimum Gasteiger partial charge on any atom is -0.388 e. The molecule has 112 valence electrons. The molecule has 4 nitrogen and oxygen atoms in total. The number of pyridine rings is 1. The van der Waals surface area contributed by atoms with Crippen LogP contribution in [0.3, 0.4) is 0 Å². The van der Waals surface area contributed by atoms with Gasteiger partial charge < -0.3 is 15.4 Å². The van der Waals surface area contributed by atoms with Crippen LogP contribution in [0.1, 0.15) is 38.5 Å². The first-order valence-electron chi connectivity index (χ1n) is 7.75. The quantitative estimate of drug-likeness (QED) is 0.760. The zero-order chi connectivity index (χ0) is 14.7. The molecular weight excluding hydrogens is 264 g/mol. The molecule has 0 aliphatic heterocycles. The number of hydrogen-bond donors (Lipinski definition) is 3. The fraction of sp³-hybridized carbons (Fsp3) is 0.471. The third kappa shape index (κ3) is 3.27. The number of fused-ring (bicyclic) bond motifs is 1. The lowest BCUT2D eigenvalue weighted by molar-refractivity contribution is 0.0380. The van der Waals surface area contributed by atoms with Crippen LogP contribution in [0.4, 0.5) is 5.82 Å². The molecule has 0 atom stereocenters. The molecule has 3 N–H and O–H groups in total. The number of aromatic amines is 1. The largest absolute Gasteiger partial charge is 0.388 e. The van der Waals surface area contributed by atoms with Gasteiger partial charge in [0.05, 0.1) is 5.60 Å². The highest BCUT2D eigenvalue weighted by Crippen LogP contribution is 2.27. The molecular formula is C17H22N2O2. The Hall–Kier alpha value is -1.81. The number of nitrogens with one attached hydrogen (secondary N) is 2. The van der Waals surface area contributed by atoms with Crippen molar-refractivity contribution >= 4 is 16.6 Å². The van der Waals surface area contributed by atoms with E-state index in [4.69, 9.17) is 0 Å². The van der Waals surface area contributed by atoms with Crippen LogP contribution in [0, 0.1) is 0 Å². The van der Waals surface area contributed by atoms with E-state index in [0.717, 1.165) is 31.1 Å². The summed E-state index contributed by atoms with van der Waals surface area (Å²) in [5, 5.41) is 15.5. The Balaban J connectivity index is 1.77. The van der Waals surface area contributed by atoms with Gasteiger partial charge in [0.15, 0.2) is 0 Å². The van der Waals surface area contributed by atoms with Crippen LogP contribution in [0.25, 0.3) is 10.8 Å². The topological polar surface area (TPSA) is 65.1 Å². The number of anilines is 1. The maximum absolute atomic E-state index is 12.0. The van der Waals surface area contributed by atoms with Gasteiger partial charge >= 0.3 is 0 Å². The van der Waals surface area contributed by atoms with Crippen molar-refractivity contribution in [3.63, 3.8) is 0 Å². The number of rotatable bonds is 3. The highest BCUT2D eigenvalue weighted by atomic mass is 16.3. The minimum absolute atomic E-state index is 0.0940. The highest BCUT2D eigenvalue weighted by Gasteiger charge is 2.27. The third-order valence-electron chi connectivity index (χ3n) is 4.40. The molecule has 0 amide bonds. The standard InChI is InChI=1S/C17H22N2O2/c20-16-14-8-4-3-7-13(14)11-15(19-16)18-12-17(21)9-5-1-2-6-10-17/h3-4,7-8,11,21H,1-2,5-6,9-10,12H2,(H2,18,19,20). The van der Waals surface area contributed by atoms with Crippen molar-refractivity contribution in [2.75, 3.05) is 11.9 Å². The van der Waals surface area contributed by atoms with Crippen molar-refractivity contribution in [3.05, 3.63) is 40.7 Å². The third-order valence-corrected chi connectivity index (χ3v) is 4.40. The molecule has 3 rings (SSSR count). The summed E-state index contributed by atoms with van der Waals surface area (Å²) >= 11 is 0. The summed E-state index contributed by atoms with van der Waals surface area (Å²) in [7, 11) is 0. The predicted octanol–water partition coefficient (Wildman–Crippen LogP) is 3.03. The molecule has 1 fully saturated rings. The molecule has 21 heavy (non-hydrogen) atoms. The van der Waals surface area contributed by atoms with Crippen molar-refractivity contribution in [3.8, 4) is 0 Å². The molecule has 1 saturated carbocycles. The average molecular weight is 286 g/mol. The zero-order valence-electron chi connectivity index (χ0n) is 12.2. The lowest BCUT2D eigenvalue weighted by Crippen LogP contribution is -2.36. The lowest BCUT2D eigenvalue weighted by Gasteiger charge is -2.27. The van der Waals surface area contributed by atoms with E-state index < -0.39 is 5.60 Å². The Morgan fingerprint density at radius 2 is 1.86 bits per heavy atom. The van der Waals surface area contributed by atoms with Gasteiger partial charge in [-0.1, -0.05) is 43.9 Å². The van der Waals surface area contributed by atoms with Gasteiger partial charge in [0, 0.05) is 11.9 Å². The normalized spacial score (nSPS) is 18.3. The van der Waals surface area contributed by atoms with Gasteiger partial charge in [-0.2, -0.15) is 0 Å². The van der Waals surface area contributed by atoms with Gasteiger partial charge in [0.1, 0.15) is 5.82 Å². The Bertz CT molecular complexity index is 670. The number of hydrogen-bond acceptors (Lipinski definition) is 3. The van der Waals surface area contributed by atoms with Gasteiger partial charge in [-0.05, 0) is 30.4 Å². The molecule has 1 aromatic carbocycles.